The maximum Gasteiger partial charge on any atom is 0.303 e. The van der Waals surface area contributed by atoms with Crippen molar-refractivity contribution < 1.29 is 4.42 Å². The van der Waals surface area contributed by atoms with Crippen molar-refractivity contribution in [2.75, 3.05) is 5.32 Å². The minimum Gasteiger partial charge on any atom is -0.425 e. The number of hydrogen-bond acceptors (Lipinski definition) is 4. The Morgan fingerprint density at radius 2 is 1.67 bits per heavy atom. The van der Waals surface area contributed by atoms with Crippen LogP contribution in [0.5, 0.6) is 0 Å². The van der Waals surface area contributed by atoms with Crippen LogP contribution in [0.3, 0.4) is 0 Å². The summed E-state index contributed by atoms with van der Waals surface area (Å²) in [5, 5.41) is 3.44. The van der Waals surface area contributed by atoms with Crippen molar-refractivity contribution >= 4 is 22.7 Å². The molecule has 4 nitrogen and oxygen atoms in total. The Morgan fingerprint density at radius 3 is 2.50 bits per heavy atom. The molecule has 0 amide bonds. The smallest absolute Gasteiger partial charge is 0.303 e. The third-order valence-corrected chi connectivity index (χ3v) is 2.55. The highest BCUT2D eigenvalue weighted by atomic mass is 16.4. The van der Waals surface area contributed by atoms with E-state index >= 15 is 0 Å². The Bertz CT molecular complexity index is 735. The third-order valence-electron chi connectivity index (χ3n) is 2.55. The summed E-state index contributed by atoms with van der Waals surface area (Å²) >= 11 is 0. The van der Waals surface area contributed by atoms with Gasteiger partial charge < -0.3 is 9.73 Å². The molecule has 0 saturated heterocycles. The average Bonchev–Trinajstić information content (AvgIpc) is 2.40. The first-order chi connectivity index (χ1) is 8.83. The SMILES string of the molecule is O=c1nc(Nc2ccccc2)oc2ccccc12. The van der Waals surface area contributed by atoms with E-state index in [0.717, 1.165) is 5.69 Å². The van der Waals surface area contributed by atoms with Gasteiger partial charge in [0, 0.05) is 5.69 Å². The van der Waals surface area contributed by atoms with Crippen LogP contribution in [0.4, 0.5) is 11.7 Å². The number of benzene rings is 2. The Kier molecular flexibility index (Phi) is 2.53. The molecule has 1 N–H and O–H groups in total. The molecule has 4 heteroatoms. The molecular formula is C14H10N2O2. The van der Waals surface area contributed by atoms with Crippen LogP contribution in [-0.2, 0) is 0 Å². The molecule has 1 heterocycles. The number of hydrogen-bond donors (Lipinski definition) is 1. The fourth-order valence-electron chi connectivity index (χ4n) is 1.71. The molecule has 0 unspecified atom stereocenters. The van der Waals surface area contributed by atoms with E-state index in [1.54, 1.807) is 18.2 Å². The van der Waals surface area contributed by atoms with Crippen molar-refractivity contribution in [1.29, 1.82) is 0 Å². The lowest BCUT2D eigenvalue weighted by atomic mass is 10.2. The van der Waals surface area contributed by atoms with Gasteiger partial charge in [-0.05, 0) is 24.3 Å². The van der Waals surface area contributed by atoms with Gasteiger partial charge in [0.15, 0.2) is 0 Å². The first-order valence-electron chi connectivity index (χ1n) is 5.55. The molecule has 3 rings (SSSR count). The van der Waals surface area contributed by atoms with E-state index in [0.29, 0.717) is 11.0 Å². The van der Waals surface area contributed by atoms with Crippen molar-refractivity contribution in [1.82, 2.24) is 4.98 Å². The first-order valence-corrected chi connectivity index (χ1v) is 5.55. The highest BCUT2D eigenvalue weighted by Crippen LogP contribution is 2.16. The van der Waals surface area contributed by atoms with Crippen LogP contribution in [0, 0.1) is 0 Å². The molecule has 0 atom stereocenters. The monoisotopic (exact) mass is 238 g/mol. The standard InChI is InChI=1S/C14H10N2O2/c17-13-11-8-4-5-9-12(11)18-14(16-13)15-10-6-2-1-3-7-10/h1-9H,(H,15,16,17). The van der Waals surface area contributed by atoms with Gasteiger partial charge in [-0.1, -0.05) is 30.3 Å². The molecule has 0 aliphatic heterocycles. The number of aromatic nitrogens is 1. The normalized spacial score (nSPS) is 10.4. The molecule has 0 aliphatic carbocycles. The summed E-state index contributed by atoms with van der Waals surface area (Å²) < 4.78 is 5.52. The van der Waals surface area contributed by atoms with Crippen molar-refractivity contribution in [3.05, 3.63) is 65.0 Å². The van der Waals surface area contributed by atoms with Crippen LogP contribution >= 0.6 is 0 Å². The zero-order valence-electron chi connectivity index (χ0n) is 9.46. The molecule has 0 bridgehead atoms. The van der Waals surface area contributed by atoms with Gasteiger partial charge in [-0.25, -0.2) is 0 Å². The van der Waals surface area contributed by atoms with Gasteiger partial charge in [0.1, 0.15) is 5.58 Å². The summed E-state index contributed by atoms with van der Waals surface area (Å²) in [5.41, 5.74) is 1.05. The zero-order chi connectivity index (χ0) is 12.4. The lowest BCUT2D eigenvalue weighted by Gasteiger charge is -2.04. The van der Waals surface area contributed by atoms with E-state index in [2.05, 4.69) is 10.3 Å². The number of fused-ring (bicyclic) bond motifs is 1. The molecule has 3 aromatic rings. The highest BCUT2D eigenvalue weighted by molar-refractivity contribution is 5.76. The van der Waals surface area contributed by atoms with Crippen LogP contribution < -0.4 is 10.9 Å². The van der Waals surface area contributed by atoms with Gasteiger partial charge in [0.25, 0.3) is 5.56 Å². The predicted molar refractivity (Wildman–Crippen MR) is 70.0 cm³/mol. The van der Waals surface area contributed by atoms with Crippen molar-refractivity contribution in [2.24, 2.45) is 0 Å². The highest BCUT2D eigenvalue weighted by Gasteiger charge is 2.05. The van der Waals surface area contributed by atoms with Gasteiger partial charge >= 0.3 is 6.01 Å². The Balaban J connectivity index is 2.06. The molecule has 0 radical (unpaired) electrons. The molecule has 88 valence electrons. The minimum atomic E-state index is -0.296. The molecule has 0 spiro atoms. The molecule has 2 aromatic carbocycles. The van der Waals surface area contributed by atoms with Crippen LogP contribution in [0.2, 0.25) is 0 Å². The molecule has 0 aliphatic rings. The van der Waals surface area contributed by atoms with E-state index in [1.165, 1.54) is 0 Å². The summed E-state index contributed by atoms with van der Waals surface area (Å²) in [4.78, 5) is 15.6. The lowest BCUT2D eigenvalue weighted by molar-refractivity contribution is 0.599. The van der Waals surface area contributed by atoms with Gasteiger partial charge in [-0.2, -0.15) is 4.98 Å². The Morgan fingerprint density at radius 1 is 0.944 bits per heavy atom. The molecular weight excluding hydrogens is 228 g/mol. The third kappa shape index (κ3) is 1.96. The molecule has 1 aromatic heterocycles. The summed E-state index contributed by atoms with van der Waals surface area (Å²) in [7, 11) is 0. The lowest BCUT2D eigenvalue weighted by Crippen LogP contribution is -2.08. The largest absolute Gasteiger partial charge is 0.425 e. The van der Waals surface area contributed by atoms with E-state index < -0.39 is 0 Å². The number of anilines is 2. The summed E-state index contributed by atoms with van der Waals surface area (Å²) in [6, 6.07) is 16.7. The first kappa shape index (κ1) is 10.5. The number of nitrogens with zero attached hydrogens (tertiary/aromatic N) is 1. The summed E-state index contributed by atoms with van der Waals surface area (Å²) in [6.45, 7) is 0. The number of rotatable bonds is 2. The Labute approximate surface area is 103 Å². The Hall–Kier alpha value is -2.62. The second-order valence-electron chi connectivity index (χ2n) is 3.81. The van der Waals surface area contributed by atoms with E-state index in [-0.39, 0.29) is 11.6 Å². The van der Waals surface area contributed by atoms with Crippen LogP contribution in [0.15, 0.2) is 63.8 Å². The second-order valence-corrected chi connectivity index (χ2v) is 3.81. The maximum absolute atomic E-state index is 11.8. The van der Waals surface area contributed by atoms with Crippen LogP contribution in [-0.4, -0.2) is 4.98 Å². The minimum absolute atomic E-state index is 0.199. The second kappa shape index (κ2) is 4.33. The summed E-state index contributed by atoms with van der Waals surface area (Å²) in [6.07, 6.45) is 0. The summed E-state index contributed by atoms with van der Waals surface area (Å²) in [5.74, 6) is 0. The fraction of sp³-hybridized carbons (Fsp3) is 0. The van der Waals surface area contributed by atoms with Crippen molar-refractivity contribution in [3.8, 4) is 0 Å². The quantitative estimate of drug-likeness (QED) is 0.745. The van der Waals surface area contributed by atoms with Crippen molar-refractivity contribution in [3.63, 3.8) is 0 Å². The molecule has 0 fully saturated rings. The van der Waals surface area contributed by atoms with E-state index in [9.17, 15) is 4.79 Å². The number of nitrogens with one attached hydrogen (secondary N) is 1. The predicted octanol–water partition coefficient (Wildman–Crippen LogP) is 2.93. The van der Waals surface area contributed by atoms with E-state index in [1.807, 2.05) is 36.4 Å². The topological polar surface area (TPSA) is 55.1 Å². The zero-order valence-corrected chi connectivity index (χ0v) is 9.46. The average molecular weight is 238 g/mol. The van der Waals surface area contributed by atoms with Gasteiger partial charge in [0.2, 0.25) is 0 Å². The van der Waals surface area contributed by atoms with Crippen LogP contribution in [0.1, 0.15) is 0 Å². The maximum atomic E-state index is 11.8. The van der Waals surface area contributed by atoms with Crippen LogP contribution in [0.25, 0.3) is 11.0 Å². The van der Waals surface area contributed by atoms with Gasteiger partial charge in [-0.3, -0.25) is 4.79 Å². The van der Waals surface area contributed by atoms with E-state index in [4.69, 9.17) is 4.42 Å². The number of para-hydroxylation sites is 2. The fourth-order valence-corrected chi connectivity index (χ4v) is 1.71. The molecule has 0 saturated carbocycles. The van der Waals surface area contributed by atoms with Crippen molar-refractivity contribution in [2.45, 2.75) is 0 Å². The van der Waals surface area contributed by atoms with Gasteiger partial charge in [0.05, 0.1) is 5.39 Å². The van der Waals surface area contributed by atoms with Gasteiger partial charge in [-0.15, -0.1) is 0 Å². The molecule has 18 heavy (non-hydrogen) atoms.